The summed E-state index contributed by atoms with van der Waals surface area (Å²) in [7, 11) is -3.00. The zero-order chi connectivity index (χ0) is 19.6. The number of anilines is 1. The van der Waals surface area contributed by atoms with E-state index in [-0.39, 0.29) is 29.5 Å². The molecular weight excluding hydrogens is 378 g/mol. The predicted octanol–water partition coefficient (Wildman–Crippen LogP) is -0.860. The second kappa shape index (κ2) is 8.32. The third-order valence-electron chi connectivity index (χ3n) is 6.31. The van der Waals surface area contributed by atoms with Gasteiger partial charge in [0.05, 0.1) is 37.7 Å². The van der Waals surface area contributed by atoms with Crippen LogP contribution in [0.3, 0.4) is 0 Å². The Labute approximate surface area is 166 Å². The van der Waals surface area contributed by atoms with Gasteiger partial charge < -0.3 is 14.7 Å². The molecule has 4 rings (SSSR count). The quantitative estimate of drug-likeness (QED) is 0.682. The Hall–Kier alpha value is -1.74. The lowest BCUT2D eigenvalue weighted by Gasteiger charge is -2.36. The fourth-order valence-corrected chi connectivity index (χ4v) is 6.55. The number of quaternary nitrogens is 1. The van der Waals surface area contributed by atoms with Crippen molar-refractivity contribution in [3.63, 3.8) is 0 Å². The highest BCUT2D eigenvalue weighted by Crippen LogP contribution is 2.29. The van der Waals surface area contributed by atoms with Crippen LogP contribution in [0.15, 0.2) is 18.5 Å². The predicted molar refractivity (Wildman–Crippen MR) is 106 cm³/mol. The van der Waals surface area contributed by atoms with Crippen LogP contribution in [-0.2, 0) is 14.6 Å². The maximum atomic E-state index is 13.2. The number of hydrogen-bond acceptors (Lipinski definition) is 6. The van der Waals surface area contributed by atoms with Crippen molar-refractivity contribution in [3.05, 3.63) is 18.5 Å². The summed E-state index contributed by atoms with van der Waals surface area (Å²) in [6.45, 7) is 3.84. The Morgan fingerprint density at radius 3 is 2.39 bits per heavy atom. The normalized spacial score (nSPS) is 25.9. The third kappa shape index (κ3) is 4.46. The molecule has 3 aliphatic rings. The van der Waals surface area contributed by atoms with Crippen LogP contribution in [0.25, 0.3) is 0 Å². The molecule has 154 valence electrons. The highest BCUT2D eigenvalue weighted by Gasteiger charge is 2.40. The van der Waals surface area contributed by atoms with Crippen LogP contribution >= 0.6 is 0 Å². The van der Waals surface area contributed by atoms with E-state index >= 15 is 0 Å². The average molecular weight is 409 g/mol. The van der Waals surface area contributed by atoms with Crippen molar-refractivity contribution in [1.82, 2.24) is 14.9 Å². The molecule has 1 aromatic heterocycles. The van der Waals surface area contributed by atoms with E-state index in [1.165, 1.54) is 4.90 Å². The Balaban J connectivity index is 1.37. The summed E-state index contributed by atoms with van der Waals surface area (Å²) in [6, 6.07) is 1.91. The summed E-state index contributed by atoms with van der Waals surface area (Å²) in [5, 5.41) is 0. The first-order chi connectivity index (χ1) is 13.5. The summed E-state index contributed by atoms with van der Waals surface area (Å²) in [4.78, 5) is 27.2. The number of carbonyl (C=O) groups is 1. The van der Waals surface area contributed by atoms with Crippen LogP contribution in [0.4, 0.5) is 5.95 Å². The van der Waals surface area contributed by atoms with Crippen molar-refractivity contribution < 1.29 is 18.1 Å². The molecule has 1 saturated carbocycles. The van der Waals surface area contributed by atoms with Gasteiger partial charge in [0.2, 0.25) is 5.95 Å². The topological polar surface area (TPSA) is 87.9 Å². The molecule has 0 spiro atoms. The Bertz CT molecular complexity index is 774. The molecule has 28 heavy (non-hydrogen) atoms. The molecule has 0 aromatic carbocycles. The van der Waals surface area contributed by atoms with Crippen LogP contribution in [0, 0.1) is 0 Å². The molecule has 9 heteroatoms. The maximum absolute atomic E-state index is 13.2. The van der Waals surface area contributed by atoms with Gasteiger partial charge in [-0.25, -0.2) is 18.4 Å². The number of sulfone groups is 1. The van der Waals surface area contributed by atoms with Crippen LogP contribution < -0.4 is 9.80 Å². The van der Waals surface area contributed by atoms with Gasteiger partial charge in [0, 0.05) is 24.5 Å². The third-order valence-corrected chi connectivity index (χ3v) is 8.06. The minimum atomic E-state index is -3.00. The Kier molecular flexibility index (Phi) is 5.82. The number of amides is 1. The number of piperazine rings is 1. The van der Waals surface area contributed by atoms with E-state index in [0.29, 0.717) is 13.0 Å². The van der Waals surface area contributed by atoms with Crippen molar-refractivity contribution in [3.8, 4) is 0 Å². The highest BCUT2D eigenvalue weighted by molar-refractivity contribution is 7.91. The highest BCUT2D eigenvalue weighted by atomic mass is 32.2. The molecule has 2 saturated heterocycles. The van der Waals surface area contributed by atoms with Gasteiger partial charge in [-0.3, -0.25) is 4.79 Å². The van der Waals surface area contributed by atoms with Crippen LogP contribution in [0.1, 0.15) is 32.1 Å². The van der Waals surface area contributed by atoms with Crippen molar-refractivity contribution in [2.45, 2.75) is 44.2 Å². The Morgan fingerprint density at radius 1 is 1.11 bits per heavy atom. The summed E-state index contributed by atoms with van der Waals surface area (Å²) in [6.07, 6.45) is 8.39. The standard InChI is InChI=1S/C19H29N5O3S/c25-18(14-22-9-11-23(12-10-22)19-20-7-3-8-21-19)24(16-4-1-2-5-16)17-6-13-28(26,27)15-17/h3,7-8,16-17H,1-2,4-6,9-15H2/p+1/t17-/m1/s1. The lowest BCUT2D eigenvalue weighted by atomic mass is 10.1. The lowest BCUT2D eigenvalue weighted by Crippen LogP contribution is -3.16. The summed E-state index contributed by atoms with van der Waals surface area (Å²) in [5.41, 5.74) is 0. The molecule has 1 amide bonds. The summed E-state index contributed by atoms with van der Waals surface area (Å²) in [5.74, 6) is 1.24. The van der Waals surface area contributed by atoms with Gasteiger partial charge in [-0.2, -0.15) is 0 Å². The smallest absolute Gasteiger partial charge is 0.278 e. The minimum absolute atomic E-state index is 0.126. The van der Waals surface area contributed by atoms with Gasteiger partial charge >= 0.3 is 0 Å². The van der Waals surface area contributed by atoms with Gasteiger partial charge in [-0.15, -0.1) is 0 Å². The van der Waals surface area contributed by atoms with Crippen molar-refractivity contribution in [1.29, 1.82) is 0 Å². The monoisotopic (exact) mass is 408 g/mol. The first-order valence-electron chi connectivity index (χ1n) is 10.4. The first kappa shape index (κ1) is 19.6. The first-order valence-corrected chi connectivity index (χ1v) is 12.2. The minimum Gasteiger partial charge on any atom is -0.331 e. The number of nitrogens with zero attached hydrogens (tertiary/aromatic N) is 4. The van der Waals surface area contributed by atoms with E-state index in [4.69, 9.17) is 0 Å². The van der Waals surface area contributed by atoms with Crippen LogP contribution in [0.2, 0.25) is 0 Å². The molecule has 0 radical (unpaired) electrons. The van der Waals surface area contributed by atoms with Gasteiger partial charge in [-0.1, -0.05) is 12.8 Å². The van der Waals surface area contributed by atoms with Gasteiger partial charge in [-0.05, 0) is 25.3 Å². The van der Waals surface area contributed by atoms with Crippen molar-refractivity contribution >= 4 is 21.7 Å². The second-order valence-corrected chi connectivity index (χ2v) is 10.5. The SMILES string of the molecule is O=C(C[NH+]1CCN(c2ncccn2)CC1)N(C1CCCC1)[C@@H]1CCS(=O)(=O)C1. The van der Waals surface area contributed by atoms with E-state index in [1.54, 1.807) is 12.4 Å². The largest absolute Gasteiger partial charge is 0.331 e. The number of aromatic nitrogens is 2. The second-order valence-electron chi connectivity index (χ2n) is 8.26. The molecule has 1 aliphatic carbocycles. The van der Waals surface area contributed by atoms with Crippen LogP contribution in [0.5, 0.6) is 0 Å². The average Bonchev–Trinajstić information content (AvgIpc) is 3.33. The number of nitrogens with one attached hydrogen (secondary N) is 1. The van der Waals surface area contributed by atoms with Crippen molar-refractivity contribution in [2.24, 2.45) is 0 Å². The molecule has 1 atom stereocenters. The fourth-order valence-electron chi connectivity index (χ4n) is 4.84. The van der Waals surface area contributed by atoms with Gasteiger partial charge in [0.1, 0.15) is 0 Å². The molecule has 8 nitrogen and oxygen atoms in total. The number of carbonyl (C=O) groups excluding carboxylic acids is 1. The van der Waals surface area contributed by atoms with Gasteiger partial charge in [0.25, 0.3) is 5.91 Å². The van der Waals surface area contributed by atoms with E-state index in [0.717, 1.165) is 57.8 Å². The molecule has 1 N–H and O–H groups in total. The molecule has 0 unspecified atom stereocenters. The molecule has 3 heterocycles. The number of rotatable bonds is 5. The zero-order valence-corrected chi connectivity index (χ0v) is 17.1. The van der Waals surface area contributed by atoms with E-state index < -0.39 is 9.84 Å². The van der Waals surface area contributed by atoms with E-state index in [9.17, 15) is 13.2 Å². The Morgan fingerprint density at radius 2 is 1.79 bits per heavy atom. The van der Waals surface area contributed by atoms with Crippen molar-refractivity contribution in [2.75, 3.05) is 49.1 Å². The molecule has 3 fully saturated rings. The number of hydrogen-bond donors (Lipinski definition) is 1. The van der Waals surface area contributed by atoms with Crippen LogP contribution in [-0.4, -0.2) is 85.5 Å². The zero-order valence-electron chi connectivity index (χ0n) is 16.3. The summed E-state index contributed by atoms with van der Waals surface area (Å²) < 4.78 is 24.0. The molecule has 1 aromatic rings. The van der Waals surface area contributed by atoms with Gasteiger partial charge in [0.15, 0.2) is 16.4 Å². The fraction of sp³-hybridized carbons (Fsp3) is 0.737. The maximum Gasteiger partial charge on any atom is 0.278 e. The molecule has 0 bridgehead atoms. The summed E-state index contributed by atoms with van der Waals surface area (Å²) >= 11 is 0. The molecule has 2 aliphatic heterocycles. The van der Waals surface area contributed by atoms with E-state index in [2.05, 4.69) is 14.9 Å². The molecular formula is C19H30N5O3S+. The lowest BCUT2D eigenvalue weighted by molar-refractivity contribution is -0.892. The van der Waals surface area contributed by atoms with E-state index in [1.807, 2.05) is 11.0 Å².